The SMILES string of the molecule is CS(=O)(=O)Nc1cccc(Nc2ncnc(-c3ccc(F)cc3OCC3CC3)n2)c1. The van der Waals surface area contributed by atoms with Crippen LogP contribution in [-0.2, 0) is 10.0 Å². The number of ether oxygens (including phenoxy) is 1. The van der Waals surface area contributed by atoms with E-state index in [2.05, 4.69) is 25.0 Å². The lowest BCUT2D eigenvalue weighted by Crippen LogP contribution is -2.09. The third-order valence-corrected chi connectivity index (χ3v) is 4.96. The van der Waals surface area contributed by atoms with Gasteiger partial charge in [0.25, 0.3) is 0 Å². The van der Waals surface area contributed by atoms with E-state index in [0.717, 1.165) is 19.1 Å². The number of hydrogen-bond donors (Lipinski definition) is 2. The van der Waals surface area contributed by atoms with Crippen LogP contribution in [0.25, 0.3) is 11.4 Å². The summed E-state index contributed by atoms with van der Waals surface area (Å²) in [7, 11) is -3.39. The van der Waals surface area contributed by atoms with Crippen LogP contribution in [0.15, 0.2) is 48.8 Å². The van der Waals surface area contributed by atoms with Gasteiger partial charge in [0, 0.05) is 11.8 Å². The first-order valence-corrected chi connectivity index (χ1v) is 11.2. The summed E-state index contributed by atoms with van der Waals surface area (Å²) in [6.45, 7) is 0.534. The average molecular weight is 429 g/mol. The summed E-state index contributed by atoms with van der Waals surface area (Å²) in [5, 5.41) is 3.02. The molecule has 1 heterocycles. The second kappa shape index (κ2) is 8.23. The van der Waals surface area contributed by atoms with E-state index in [-0.39, 0.29) is 5.95 Å². The number of sulfonamides is 1. The summed E-state index contributed by atoms with van der Waals surface area (Å²) in [4.78, 5) is 12.7. The van der Waals surface area contributed by atoms with Crippen LogP contribution in [-0.4, -0.2) is 36.2 Å². The lowest BCUT2D eigenvalue weighted by molar-refractivity contribution is 0.299. The van der Waals surface area contributed by atoms with Gasteiger partial charge in [0.05, 0.1) is 24.1 Å². The van der Waals surface area contributed by atoms with Gasteiger partial charge in [-0.1, -0.05) is 6.07 Å². The Morgan fingerprint density at radius 2 is 1.93 bits per heavy atom. The zero-order valence-electron chi connectivity index (χ0n) is 16.2. The molecular weight excluding hydrogens is 409 g/mol. The fraction of sp³-hybridized carbons (Fsp3) is 0.250. The van der Waals surface area contributed by atoms with Gasteiger partial charge in [-0.3, -0.25) is 4.72 Å². The molecule has 3 aromatic rings. The minimum atomic E-state index is -3.39. The molecule has 0 amide bonds. The Morgan fingerprint density at radius 3 is 2.70 bits per heavy atom. The van der Waals surface area contributed by atoms with E-state index < -0.39 is 15.8 Å². The van der Waals surface area contributed by atoms with Crippen molar-refractivity contribution in [2.75, 3.05) is 22.9 Å². The van der Waals surface area contributed by atoms with E-state index >= 15 is 0 Å². The van der Waals surface area contributed by atoms with Gasteiger partial charge in [-0.15, -0.1) is 0 Å². The topological polar surface area (TPSA) is 106 Å². The molecule has 156 valence electrons. The molecule has 0 spiro atoms. The molecule has 8 nitrogen and oxygen atoms in total. The number of nitrogens with zero attached hydrogens (tertiary/aromatic N) is 3. The third kappa shape index (κ3) is 5.41. The first kappa shape index (κ1) is 20.0. The zero-order valence-corrected chi connectivity index (χ0v) is 17.0. The molecule has 1 aliphatic carbocycles. The quantitative estimate of drug-likeness (QED) is 0.564. The fourth-order valence-electron chi connectivity index (χ4n) is 2.78. The number of benzene rings is 2. The second-order valence-corrected chi connectivity index (χ2v) is 8.86. The number of hydrogen-bond acceptors (Lipinski definition) is 7. The Bertz CT molecular complexity index is 1170. The molecule has 30 heavy (non-hydrogen) atoms. The van der Waals surface area contributed by atoms with Crippen LogP contribution >= 0.6 is 0 Å². The molecule has 0 atom stereocenters. The van der Waals surface area contributed by atoms with Gasteiger partial charge in [-0.2, -0.15) is 4.98 Å². The van der Waals surface area contributed by atoms with Crippen molar-refractivity contribution in [2.24, 2.45) is 5.92 Å². The minimum Gasteiger partial charge on any atom is -0.492 e. The van der Waals surface area contributed by atoms with Crippen molar-refractivity contribution >= 4 is 27.3 Å². The van der Waals surface area contributed by atoms with Crippen LogP contribution in [0.1, 0.15) is 12.8 Å². The highest BCUT2D eigenvalue weighted by Gasteiger charge is 2.23. The second-order valence-electron chi connectivity index (χ2n) is 7.11. The van der Waals surface area contributed by atoms with Crippen LogP contribution in [0.2, 0.25) is 0 Å². The van der Waals surface area contributed by atoms with Crippen LogP contribution in [0, 0.1) is 11.7 Å². The molecule has 1 aromatic heterocycles. The summed E-state index contributed by atoms with van der Waals surface area (Å²) < 4.78 is 44.8. The molecule has 10 heteroatoms. The summed E-state index contributed by atoms with van der Waals surface area (Å²) in [6.07, 6.45) is 4.67. The predicted molar refractivity (Wildman–Crippen MR) is 112 cm³/mol. The van der Waals surface area contributed by atoms with Crippen molar-refractivity contribution in [2.45, 2.75) is 12.8 Å². The van der Waals surface area contributed by atoms with E-state index in [0.29, 0.717) is 41.0 Å². The molecule has 0 aliphatic heterocycles. The van der Waals surface area contributed by atoms with Crippen LogP contribution in [0.5, 0.6) is 5.75 Å². The number of anilines is 3. The lowest BCUT2D eigenvalue weighted by Gasteiger charge is -2.12. The Hall–Kier alpha value is -3.27. The monoisotopic (exact) mass is 429 g/mol. The molecule has 0 bridgehead atoms. The number of halogens is 1. The van der Waals surface area contributed by atoms with E-state index in [1.54, 1.807) is 30.3 Å². The van der Waals surface area contributed by atoms with E-state index in [1.807, 2.05) is 0 Å². The number of aromatic nitrogens is 3. The smallest absolute Gasteiger partial charge is 0.230 e. The molecule has 0 unspecified atom stereocenters. The molecule has 1 fully saturated rings. The van der Waals surface area contributed by atoms with Gasteiger partial charge < -0.3 is 10.1 Å². The molecule has 1 aliphatic rings. The minimum absolute atomic E-state index is 0.258. The molecule has 0 radical (unpaired) electrons. The summed E-state index contributed by atoms with van der Waals surface area (Å²) in [5.74, 6) is 1.10. The predicted octanol–water partition coefficient (Wildman–Crippen LogP) is 3.58. The molecule has 4 rings (SSSR count). The van der Waals surface area contributed by atoms with Gasteiger partial charge in [0.2, 0.25) is 16.0 Å². The van der Waals surface area contributed by atoms with E-state index in [4.69, 9.17) is 4.74 Å². The summed E-state index contributed by atoms with van der Waals surface area (Å²) in [6, 6.07) is 10.9. The fourth-order valence-corrected chi connectivity index (χ4v) is 3.34. The maximum atomic E-state index is 13.7. The number of nitrogens with one attached hydrogen (secondary N) is 2. The normalized spacial score (nSPS) is 13.7. The van der Waals surface area contributed by atoms with Crippen LogP contribution in [0.4, 0.5) is 21.7 Å². The first-order chi connectivity index (χ1) is 14.4. The largest absolute Gasteiger partial charge is 0.492 e. The van der Waals surface area contributed by atoms with Crippen molar-refractivity contribution < 1.29 is 17.5 Å². The van der Waals surface area contributed by atoms with E-state index in [1.165, 1.54) is 18.5 Å². The van der Waals surface area contributed by atoms with Gasteiger partial charge in [-0.25, -0.2) is 22.8 Å². The number of rotatable bonds is 8. The van der Waals surface area contributed by atoms with Crippen molar-refractivity contribution in [1.82, 2.24) is 15.0 Å². The zero-order chi connectivity index (χ0) is 21.1. The van der Waals surface area contributed by atoms with Crippen molar-refractivity contribution in [3.63, 3.8) is 0 Å². The first-order valence-electron chi connectivity index (χ1n) is 9.32. The highest BCUT2D eigenvalue weighted by atomic mass is 32.2. The summed E-state index contributed by atoms with van der Waals surface area (Å²) in [5.41, 5.74) is 1.56. The lowest BCUT2D eigenvalue weighted by atomic mass is 10.2. The maximum absolute atomic E-state index is 13.7. The Balaban J connectivity index is 1.57. The molecule has 0 saturated heterocycles. The van der Waals surface area contributed by atoms with Gasteiger partial charge in [0.1, 0.15) is 17.9 Å². The standard InChI is InChI=1S/C20H20FN5O3S/c1-30(27,28)26-16-4-2-3-15(10-16)24-20-23-12-22-19(25-20)17-8-7-14(21)9-18(17)29-11-13-5-6-13/h2-4,7-10,12-13,26H,5-6,11H2,1H3,(H,22,23,24,25). The van der Waals surface area contributed by atoms with Gasteiger partial charge in [0.15, 0.2) is 5.82 Å². The van der Waals surface area contributed by atoms with Crippen LogP contribution < -0.4 is 14.8 Å². The highest BCUT2D eigenvalue weighted by molar-refractivity contribution is 7.92. The van der Waals surface area contributed by atoms with Crippen LogP contribution in [0.3, 0.4) is 0 Å². The third-order valence-electron chi connectivity index (χ3n) is 4.35. The van der Waals surface area contributed by atoms with E-state index in [9.17, 15) is 12.8 Å². The molecule has 1 saturated carbocycles. The molecule has 2 aromatic carbocycles. The van der Waals surface area contributed by atoms with Crippen molar-refractivity contribution in [3.8, 4) is 17.1 Å². The van der Waals surface area contributed by atoms with Gasteiger partial charge >= 0.3 is 0 Å². The van der Waals surface area contributed by atoms with Gasteiger partial charge in [-0.05, 0) is 49.1 Å². The molecule has 2 N–H and O–H groups in total. The Labute approximate surface area is 173 Å². The average Bonchev–Trinajstić information content (AvgIpc) is 3.50. The maximum Gasteiger partial charge on any atom is 0.230 e. The highest BCUT2D eigenvalue weighted by Crippen LogP contribution is 2.33. The Kier molecular flexibility index (Phi) is 5.49. The van der Waals surface area contributed by atoms with Crippen molar-refractivity contribution in [1.29, 1.82) is 0 Å². The summed E-state index contributed by atoms with van der Waals surface area (Å²) >= 11 is 0. The Morgan fingerprint density at radius 1 is 1.13 bits per heavy atom. The molecular formula is C20H20FN5O3S. The van der Waals surface area contributed by atoms with Crippen molar-refractivity contribution in [3.05, 3.63) is 54.6 Å².